The predicted molar refractivity (Wildman–Crippen MR) is 81.8 cm³/mol. The van der Waals surface area contributed by atoms with E-state index in [0.29, 0.717) is 30.3 Å². The maximum atomic E-state index is 11.8. The molecule has 1 rings (SSSR count). The highest BCUT2D eigenvalue weighted by Gasteiger charge is 2.09. The Hall–Kier alpha value is -2.72. The third-order valence-corrected chi connectivity index (χ3v) is 2.74. The number of nitriles is 1. The zero-order chi connectivity index (χ0) is 16.4. The first kappa shape index (κ1) is 17.3. The second kappa shape index (κ2) is 9.26. The molecule has 0 atom stereocenters. The monoisotopic (exact) mass is 305 g/mol. The van der Waals surface area contributed by atoms with Gasteiger partial charge >= 0.3 is 0 Å². The van der Waals surface area contributed by atoms with Crippen LogP contribution in [0.2, 0.25) is 0 Å². The first-order valence-electron chi connectivity index (χ1n) is 6.52. The third-order valence-electron chi connectivity index (χ3n) is 2.74. The van der Waals surface area contributed by atoms with Crippen LogP contribution in [-0.4, -0.2) is 40.4 Å². The molecule has 7 nitrogen and oxygen atoms in total. The second-order valence-corrected chi connectivity index (χ2v) is 4.13. The number of nitrogens with one attached hydrogen (secondary N) is 2. The molecule has 0 aliphatic rings. The van der Waals surface area contributed by atoms with Gasteiger partial charge in [0.25, 0.3) is 5.91 Å². The topological polar surface area (TPSA) is 92.6 Å². The number of anilines is 1. The van der Waals surface area contributed by atoms with Crippen LogP contribution in [0.1, 0.15) is 0 Å². The maximum absolute atomic E-state index is 11.8. The van der Waals surface area contributed by atoms with E-state index in [2.05, 4.69) is 10.6 Å². The van der Waals surface area contributed by atoms with Crippen LogP contribution in [0.4, 0.5) is 5.69 Å². The summed E-state index contributed by atoms with van der Waals surface area (Å²) in [5.41, 5.74) is 0.565. The maximum Gasteiger partial charge on any atom is 0.263 e. The molecule has 2 N–H and O–H groups in total. The molecule has 0 saturated heterocycles. The van der Waals surface area contributed by atoms with Crippen molar-refractivity contribution >= 4 is 11.6 Å². The lowest BCUT2D eigenvalue weighted by atomic mass is 10.2. The van der Waals surface area contributed by atoms with Crippen molar-refractivity contribution in [3.05, 3.63) is 30.0 Å². The van der Waals surface area contributed by atoms with Crippen LogP contribution in [-0.2, 0) is 9.53 Å². The van der Waals surface area contributed by atoms with E-state index in [1.807, 2.05) is 6.07 Å². The van der Waals surface area contributed by atoms with Crippen molar-refractivity contribution in [2.75, 3.05) is 39.8 Å². The minimum atomic E-state index is -0.473. The largest absolute Gasteiger partial charge is 0.497 e. The molecule has 0 aliphatic carbocycles. The van der Waals surface area contributed by atoms with Crippen molar-refractivity contribution in [3.63, 3.8) is 0 Å². The van der Waals surface area contributed by atoms with Crippen molar-refractivity contribution in [3.8, 4) is 17.6 Å². The van der Waals surface area contributed by atoms with Crippen molar-refractivity contribution in [2.24, 2.45) is 0 Å². The molecular weight excluding hydrogens is 286 g/mol. The van der Waals surface area contributed by atoms with Crippen molar-refractivity contribution in [2.45, 2.75) is 0 Å². The van der Waals surface area contributed by atoms with Gasteiger partial charge in [0.05, 0.1) is 26.5 Å². The Morgan fingerprint density at radius 1 is 1.32 bits per heavy atom. The van der Waals surface area contributed by atoms with E-state index < -0.39 is 5.91 Å². The summed E-state index contributed by atoms with van der Waals surface area (Å²) < 4.78 is 15.1. The van der Waals surface area contributed by atoms with E-state index in [0.717, 1.165) is 0 Å². The molecule has 0 unspecified atom stereocenters. The number of nitrogens with zero attached hydrogens (tertiary/aromatic N) is 1. The first-order valence-corrected chi connectivity index (χ1v) is 6.52. The summed E-state index contributed by atoms with van der Waals surface area (Å²) in [5.74, 6) is 0.705. The van der Waals surface area contributed by atoms with Crippen LogP contribution in [0.15, 0.2) is 30.0 Å². The van der Waals surface area contributed by atoms with Gasteiger partial charge in [-0.05, 0) is 12.1 Å². The number of amides is 1. The molecule has 0 heterocycles. The molecule has 0 spiro atoms. The van der Waals surface area contributed by atoms with Gasteiger partial charge in [-0.15, -0.1) is 0 Å². The Balaban J connectivity index is 2.80. The Labute approximate surface area is 129 Å². The SMILES string of the molecule is COCCNC(=O)/C(C#N)=C\Nc1ccc(OC)cc1OC. The summed E-state index contributed by atoms with van der Waals surface area (Å²) in [7, 11) is 4.61. The number of ether oxygens (including phenoxy) is 3. The van der Waals surface area contributed by atoms with Gasteiger partial charge in [-0.25, -0.2) is 0 Å². The van der Waals surface area contributed by atoms with Gasteiger partial charge in [-0.2, -0.15) is 5.26 Å². The average molecular weight is 305 g/mol. The summed E-state index contributed by atoms with van der Waals surface area (Å²) in [6, 6.07) is 7.00. The minimum Gasteiger partial charge on any atom is -0.497 e. The Morgan fingerprint density at radius 2 is 2.09 bits per heavy atom. The summed E-state index contributed by atoms with van der Waals surface area (Å²) in [6.07, 6.45) is 1.33. The number of rotatable bonds is 8. The standard InChI is InChI=1S/C15H19N3O4/c1-20-7-6-17-15(19)11(9-16)10-18-13-5-4-12(21-2)8-14(13)22-3/h4-5,8,10,18H,6-7H2,1-3H3,(H,17,19)/b11-10-. The second-order valence-electron chi connectivity index (χ2n) is 4.13. The number of methoxy groups -OCH3 is 3. The highest BCUT2D eigenvalue weighted by molar-refractivity contribution is 5.97. The first-order chi connectivity index (χ1) is 10.7. The van der Waals surface area contributed by atoms with Gasteiger partial charge in [-0.1, -0.05) is 0 Å². The van der Waals surface area contributed by atoms with Crippen LogP contribution in [0.3, 0.4) is 0 Å². The van der Waals surface area contributed by atoms with Crippen LogP contribution in [0.25, 0.3) is 0 Å². The number of hydrogen-bond acceptors (Lipinski definition) is 6. The summed E-state index contributed by atoms with van der Waals surface area (Å²) >= 11 is 0. The lowest BCUT2D eigenvalue weighted by molar-refractivity contribution is -0.117. The van der Waals surface area contributed by atoms with Gasteiger partial charge in [0.15, 0.2) is 0 Å². The van der Waals surface area contributed by atoms with E-state index in [1.165, 1.54) is 20.4 Å². The van der Waals surface area contributed by atoms with Crippen molar-refractivity contribution < 1.29 is 19.0 Å². The number of carbonyl (C=O) groups excluding carboxylic acids is 1. The van der Waals surface area contributed by atoms with E-state index >= 15 is 0 Å². The quantitative estimate of drug-likeness (QED) is 0.427. The fourth-order valence-corrected chi connectivity index (χ4v) is 1.58. The zero-order valence-electron chi connectivity index (χ0n) is 12.8. The van der Waals surface area contributed by atoms with E-state index in [9.17, 15) is 4.79 Å². The molecule has 0 saturated carbocycles. The van der Waals surface area contributed by atoms with Gasteiger partial charge in [0.2, 0.25) is 0 Å². The van der Waals surface area contributed by atoms with E-state index in [1.54, 1.807) is 25.3 Å². The van der Waals surface area contributed by atoms with Crippen molar-refractivity contribution in [1.29, 1.82) is 5.26 Å². The average Bonchev–Trinajstić information content (AvgIpc) is 2.55. The zero-order valence-corrected chi connectivity index (χ0v) is 12.8. The molecule has 1 amide bonds. The Kier molecular flexibility index (Phi) is 7.29. The van der Waals surface area contributed by atoms with Crippen LogP contribution in [0, 0.1) is 11.3 Å². The van der Waals surface area contributed by atoms with Gasteiger partial charge in [-0.3, -0.25) is 4.79 Å². The predicted octanol–water partition coefficient (Wildman–Crippen LogP) is 1.29. The molecular formula is C15H19N3O4. The highest BCUT2D eigenvalue weighted by Crippen LogP contribution is 2.29. The van der Waals surface area contributed by atoms with E-state index in [-0.39, 0.29) is 5.57 Å². The molecule has 0 bridgehead atoms. The summed E-state index contributed by atoms with van der Waals surface area (Å²) in [6.45, 7) is 0.713. The minimum absolute atomic E-state index is 0.0472. The Morgan fingerprint density at radius 3 is 2.68 bits per heavy atom. The van der Waals surface area contributed by atoms with Crippen molar-refractivity contribution in [1.82, 2.24) is 5.32 Å². The molecule has 118 valence electrons. The molecule has 1 aromatic rings. The van der Waals surface area contributed by atoms with Gasteiger partial charge < -0.3 is 24.8 Å². The van der Waals surface area contributed by atoms with Gasteiger partial charge in [0, 0.05) is 25.9 Å². The summed E-state index contributed by atoms with van der Waals surface area (Å²) in [4.78, 5) is 11.8. The molecule has 0 fully saturated rings. The fraction of sp³-hybridized carbons (Fsp3) is 0.333. The number of benzene rings is 1. The van der Waals surface area contributed by atoms with Gasteiger partial charge in [0.1, 0.15) is 23.1 Å². The molecule has 22 heavy (non-hydrogen) atoms. The molecule has 0 aromatic heterocycles. The van der Waals surface area contributed by atoms with Crippen LogP contribution < -0.4 is 20.1 Å². The van der Waals surface area contributed by atoms with Crippen LogP contribution in [0.5, 0.6) is 11.5 Å². The summed E-state index contributed by atoms with van der Waals surface area (Å²) in [5, 5.41) is 14.5. The molecule has 1 aromatic carbocycles. The lowest BCUT2D eigenvalue weighted by Gasteiger charge is -2.10. The molecule has 0 aliphatic heterocycles. The fourth-order valence-electron chi connectivity index (χ4n) is 1.58. The smallest absolute Gasteiger partial charge is 0.263 e. The van der Waals surface area contributed by atoms with E-state index in [4.69, 9.17) is 19.5 Å². The number of hydrogen-bond donors (Lipinski definition) is 2. The number of carbonyl (C=O) groups is 1. The third kappa shape index (κ3) is 5.00. The molecule has 7 heteroatoms. The lowest BCUT2D eigenvalue weighted by Crippen LogP contribution is -2.28. The Bertz CT molecular complexity index is 579. The molecule has 0 radical (unpaired) electrons. The normalized spacial score (nSPS) is 10.5. The highest BCUT2D eigenvalue weighted by atomic mass is 16.5. The van der Waals surface area contributed by atoms with Crippen LogP contribution >= 0.6 is 0 Å².